The number of amides is 1. The van der Waals surface area contributed by atoms with E-state index in [1.807, 2.05) is 0 Å². The number of benzene rings is 2. The lowest BCUT2D eigenvalue weighted by molar-refractivity contribution is -0.384. The first-order chi connectivity index (χ1) is 14.3. The molecule has 0 aliphatic heterocycles. The maximum Gasteiger partial charge on any atom is 0.387 e. The van der Waals surface area contributed by atoms with E-state index < -0.39 is 23.2 Å². The van der Waals surface area contributed by atoms with Crippen LogP contribution in [-0.2, 0) is 0 Å². The van der Waals surface area contributed by atoms with Gasteiger partial charge in [0.05, 0.1) is 29.0 Å². The number of nitro benzene ring substituents is 1. The molecule has 1 amide bonds. The summed E-state index contributed by atoms with van der Waals surface area (Å²) >= 11 is 0. The number of methoxy groups -OCH3 is 1. The van der Waals surface area contributed by atoms with Crippen LogP contribution in [0, 0.1) is 17.0 Å². The number of hydrogen-bond donors (Lipinski definition) is 1. The molecule has 1 aromatic heterocycles. The van der Waals surface area contributed by atoms with Gasteiger partial charge in [-0.25, -0.2) is 4.68 Å². The summed E-state index contributed by atoms with van der Waals surface area (Å²) in [5.41, 5.74) is 0.749. The Morgan fingerprint density at radius 2 is 1.93 bits per heavy atom. The minimum Gasteiger partial charge on any atom is -0.493 e. The van der Waals surface area contributed by atoms with Crippen LogP contribution in [-0.4, -0.2) is 34.3 Å². The number of anilines is 1. The van der Waals surface area contributed by atoms with Gasteiger partial charge in [-0.3, -0.25) is 14.9 Å². The summed E-state index contributed by atoms with van der Waals surface area (Å²) in [6.07, 6.45) is 0. The van der Waals surface area contributed by atoms with Crippen LogP contribution in [0.1, 0.15) is 16.1 Å². The Balaban J connectivity index is 1.94. The molecule has 3 aromatic rings. The number of nitro groups is 1. The number of nitrogens with one attached hydrogen (secondary N) is 1. The average molecular weight is 418 g/mol. The minimum atomic E-state index is -3.15. The van der Waals surface area contributed by atoms with Gasteiger partial charge in [0.2, 0.25) is 0 Å². The summed E-state index contributed by atoms with van der Waals surface area (Å²) in [5.74, 6) is -0.918. The van der Waals surface area contributed by atoms with Crippen molar-refractivity contribution in [1.82, 2.24) is 9.78 Å². The van der Waals surface area contributed by atoms with Gasteiger partial charge in [-0.2, -0.15) is 13.9 Å². The van der Waals surface area contributed by atoms with Gasteiger partial charge in [-0.1, -0.05) is 6.07 Å². The highest BCUT2D eigenvalue weighted by Crippen LogP contribution is 2.33. The molecule has 3 rings (SSSR count). The van der Waals surface area contributed by atoms with Crippen molar-refractivity contribution in [2.24, 2.45) is 0 Å². The molecule has 11 heteroatoms. The van der Waals surface area contributed by atoms with Crippen molar-refractivity contribution < 1.29 is 28.0 Å². The zero-order chi connectivity index (χ0) is 21.8. The molecule has 30 heavy (non-hydrogen) atoms. The summed E-state index contributed by atoms with van der Waals surface area (Å²) in [7, 11) is 1.27. The summed E-state index contributed by atoms with van der Waals surface area (Å²) < 4.78 is 36.5. The van der Waals surface area contributed by atoms with Gasteiger partial charge < -0.3 is 14.8 Å². The molecule has 0 saturated heterocycles. The number of aromatic nitrogens is 2. The number of aryl methyl sites for hydroxylation is 1. The third kappa shape index (κ3) is 4.35. The topological polar surface area (TPSA) is 109 Å². The Morgan fingerprint density at radius 1 is 1.23 bits per heavy atom. The molecule has 1 heterocycles. The third-order valence-corrected chi connectivity index (χ3v) is 4.03. The molecule has 2 aromatic carbocycles. The number of hydrogen-bond acceptors (Lipinski definition) is 6. The van der Waals surface area contributed by atoms with Crippen LogP contribution in [0.2, 0.25) is 0 Å². The molecule has 0 aliphatic carbocycles. The summed E-state index contributed by atoms with van der Waals surface area (Å²) in [4.78, 5) is 23.1. The van der Waals surface area contributed by atoms with Crippen LogP contribution >= 0.6 is 0 Å². The van der Waals surface area contributed by atoms with Gasteiger partial charge in [0.1, 0.15) is 5.82 Å². The Labute approximate surface area is 169 Å². The monoisotopic (exact) mass is 418 g/mol. The van der Waals surface area contributed by atoms with E-state index in [1.165, 1.54) is 54.3 Å². The van der Waals surface area contributed by atoms with Crippen molar-refractivity contribution in [2.45, 2.75) is 13.5 Å². The molecule has 156 valence electrons. The van der Waals surface area contributed by atoms with Crippen molar-refractivity contribution >= 4 is 17.4 Å². The van der Waals surface area contributed by atoms with Gasteiger partial charge >= 0.3 is 6.61 Å². The normalized spacial score (nSPS) is 10.7. The first-order valence-corrected chi connectivity index (χ1v) is 8.55. The Kier molecular flexibility index (Phi) is 5.90. The van der Waals surface area contributed by atoms with Crippen molar-refractivity contribution in [3.63, 3.8) is 0 Å². The lowest BCUT2D eigenvalue weighted by Crippen LogP contribution is -2.17. The number of halogens is 2. The molecule has 0 bridgehead atoms. The third-order valence-electron chi connectivity index (χ3n) is 4.03. The SMILES string of the molecule is COc1cccc(C(=O)Nc2cc(C)nn2-c2ccc([N+](=O)[O-])cc2)c1OC(F)F. The maximum atomic E-state index is 12.8. The second-order valence-corrected chi connectivity index (χ2v) is 6.03. The van der Waals surface area contributed by atoms with Gasteiger partial charge in [0, 0.05) is 18.2 Å². The summed E-state index contributed by atoms with van der Waals surface area (Å²) in [5, 5.41) is 17.7. The molecule has 0 aliphatic rings. The quantitative estimate of drug-likeness (QED) is 0.460. The fraction of sp³-hybridized carbons (Fsp3) is 0.158. The predicted molar refractivity (Wildman–Crippen MR) is 103 cm³/mol. The fourth-order valence-corrected chi connectivity index (χ4v) is 2.75. The molecule has 0 atom stereocenters. The number of nitrogens with zero attached hydrogens (tertiary/aromatic N) is 3. The first kappa shape index (κ1) is 20.7. The van der Waals surface area contributed by atoms with Gasteiger partial charge in [0.15, 0.2) is 11.5 Å². The van der Waals surface area contributed by atoms with E-state index in [4.69, 9.17) is 4.74 Å². The highest BCUT2D eigenvalue weighted by molar-refractivity contribution is 6.06. The highest BCUT2D eigenvalue weighted by Gasteiger charge is 2.22. The standard InChI is InChI=1S/C19H16F2N4O5/c1-11-10-16(24(23-11)12-6-8-13(9-7-12)25(27)28)22-18(26)14-4-3-5-15(29-2)17(14)30-19(20)21/h3-10,19H,1-2H3,(H,22,26). The van der Waals surface area contributed by atoms with Crippen LogP contribution in [0.3, 0.4) is 0 Å². The van der Waals surface area contributed by atoms with Gasteiger partial charge in [-0.05, 0) is 31.2 Å². The first-order valence-electron chi connectivity index (χ1n) is 8.55. The molecule has 0 unspecified atom stereocenters. The van der Waals surface area contributed by atoms with E-state index in [1.54, 1.807) is 13.0 Å². The molecule has 9 nitrogen and oxygen atoms in total. The number of ether oxygens (including phenoxy) is 2. The highest BCUT2D eigenvalue weighted by atomic mass is 19.3. The maximum absolute atomic E-state index is 12.8. The second kappa shape index (κ2) is 8.55. The average Bonchev–Trinajstić information content (AvgIpc) is 3.07. The zero-order valence-corrected chi connectivity index (χ0v) is 15.8. The fourth-order valence-electron chi connectivity index (χ4n) is 2.75. The number of non-ortho nitro benzene ring substituents is 1. The number of alkyl halides is 2. The smallest absolute Gasteiger partial charge is 0.387 e. The van der Waals surface area contributed by atoms with E-state index in [2.05, 4.69) is 15.2 Å². The van der Waals surface area contributed by atoms with Crippen LogP contribution < -0.4 is 14.8 Å². The van der Waals surface area contributed by atoms with Crippen molar-refractivity contribution in [1.29, 1.82) is 0 Å². The number of rotatable bonds is 7. The van der Waals surface area contributed by atoms with Crippen molar-refractivity contribution in [3.8, 4) is 17.2 Å². The van der Waals surface area contributed by atoms with Crippen LogP contribution in [0.5, 0.6) is 11.5 Å². The molecular weight excluding hydrogens is 402 g/mol. The van der Waals surface area contributed by atoms with Gasteiger partial charge in [-0.15, -0.1) is 0 Å². The molecule has 0 spiro atoms. The Hall–Kier alpha value is -4.02. The Bertz CT molecular complexity index is 1080. The molecule has 0 saturated carbocycles. The van der Waals surface area contributed by atoms with Crippen LogP contribution in [0.25, 0.3) is 5.69 Å². The number of carbonyl (C=O) groups excluding carboxylic acids is 1. The van der Waals surface area contributed by atoms with Gasteiger partial charge in [0.25, 0.3) is 11.6 Å². The molecule has 0 fully saturated rings. The lowest BCUT2D eigenvalue weighted by atomic mass is 10.1. The zero-order valence-electron chi connectivity index (χ0n) is 15.8. The summed E-state index contributed by atoms with van der Waals surface area (Å²) in [6.45, 7) is -1.46. The van der Waals surface area contributed by atoms with E-state index in [-0.39, 0.29) is 22.8 Å². The van der Waals surface area contributed by atoms with E-state index in [9.17, 15) is 23.7 Å². The van der Waals surface area contributed by atoms with Crippen LogP contribution in [0.15, 0.2) is 48.5 Å². The van der Waals surface area contributed by atoms with E-state index >= 15 is 0 Å². The second-order valence-electron chi connectivity index (χ2n) is 6.03. The summed E-state index contributed by atoms with van der Waals surface area (Å²) in [6, 6.07) is 11.3. The van der Waals surface area contributed by atoms with Crippen molar-refractivity contribution in [3.05, 3.63) is 69.9 Å². The minimum absolute atomic E-state index is 0.0250. The van der Waals surface area contributed by atoms with Crippen molar-refractivity contribution in [2.75, 3.05) is 12.4 Å². The number of carbonyl (C=O) groups is 1. The lowest BCUT2D eigenvalue weighted by Gasteiger charge is -2.14. The molecular formula is C19H16F2N4O5. The van der Waals surface area contributed by atoms with E-state index in [0.717, 1.165) is 0 Å². The molecule has 0 radical (unpaired) electrons. The van der Waals surface area contributed by atoms with Crippen LogP contribution in [0.4, 0.5) is 20.3 Å². The Morgan fingerprint density at radius 3 is 2.53 bits per heavy atom. The van der Waals surface area contributed by atoms with E-state index in [0.29, 0.717) is 11.4 Å². The molecule has 1 N–H and O–H groups in total. The predicted octanol–water partition coefficient (Wildman–Crippen LogP) is 3.95. The largest absolute Gasteiger partial charge is 0.493 e. The number of para-hydroxylation sites is 1.